The molecular weight excluding hydrogens is 448 g/mol. The highest BCUT2D eigenvalue weighted by molar-refractivity contribution is 5.77. The number of aromatic nitrogens is 4. The molecule has 0 aliphatic carbocycles. The van der Waals surface area contributed by atoms with Crippen molar-refractivity contribution in [1.29, 1.82) is 0 Å². The molecule has 3 heterocycles. The molecule has 0 saturated carbocycles. The van der Waals surface area contributed by atoms with E-state index in [1.54, 1.807) is 23.0 Å². The van der Waals surface area contributed by atoms with Crippen molar-refractivity contribution in [1.82, 2.24) is 20.0 Å². The Labute approximate surface area is 200 Å². The first kappa shape index (κ1) is 22.3. The van der Waals surface area contributed by atoms with Gasteiger partial charge in [-0.2, -0.15) is 0 Å². The van der Waals surface area contributed by atoms with Crippen LogP contribution < -0.4 is 16.0 Å². The SMILES string of the molecule is NC(=O)C1CCN(c2ccc([N+](=O)[O-])cc2C(Nc2ccccn2)n2nnc3ccccc32)CC1. The van der Waals surface area contributed by atoms with Gasteiger partial charge in [-0.25, -0.2) is 9.67 Å². The molecule has 3 N–H and O–H groups in total. The van der Waals surface area contributed by atoms with Crippen LogP contribution in [0, 0.1) is 16.0 Å². The predicted molar refractivity (Wildman–Crippen MR) is 131 cm³/mol. The summed E-state index contributed by atoms with van der Waals surface area (Å²) < 4.78 is 1.71. The molecule has 35 heavy (non-hydrogen) atoms. The molecule has 1 atom stereocenters. The van der Waals surface area contributed by atoms with Crippen LogP contribution in [0.4, 0.5) is 17.2 Å². The number of carbonyl (C=O) groups is 1. The molecule has 1 saturated heterocycles. The van der Waals surface area contributed by atoms with Crippen LogP contribution in [-0.2, 0) is 4.79 Å². The molecule has 0 radical (unpaired) electrons. The highest BCUT2D eigenvalue weighted by atomic mass is 16.6. The van der Waals surface area contributed by atoms with Gasteiger partial charge in [-0.1, -0.05) is 23.4 Å². The van der Waals surface area contributed by atoms with Crippen molar-refractivity contribution in [2.75, 3.05) is 23.3 Å². The number of benzene rings is 2. The van der Waals surface area contributed by atoms with Crippen LogP contribution in [0.1, 0.15) is 24.6 Å². The number of rotatable bonds is 7. The topological polar surface area (TPSA) is 145 Å². The fourth-order valence-electron chi connectivity index (χ4n) is 4.50. The van der Waals surface area contributed by atoms with Gasteiger partial charge in [-0.15, -0.1) is 5.10 Å². The van der Waals surface area contributed by atoms with Crippen LogP contribution in [0.15, 0.2) is 66.9 Å². The number of piperidine rings is 1. The molecule has 2 aromatic heterocycles. The molecule has 0 spiro atoms. The number of carbonyl (C=O) groups excluding carboxylic acids is 1. The van der Waals surface area contributed by atoms with E-state index in [-0.39, 0.29) is 17.5 Å². The zero-order valence-corrected chi connectivity index (χ0v) is 18.8. The quantitative estimate of drug-likeness (QED) is 0.308. The number of pyridine rings is 1. The van der Waals surface area contributed by atoms with Gasteiger partial charge in [0.1, 0.15) is 11.3 Å². The number of primary amides is 1. The third-order valence-electron chi connectivity index (χ3n) is 6.33. The number of nitro groups is 1. The van der Waals surface area contributed by atoms with Gasteiger partial charge in [-0.3, -0.25) is 14.9 Å². The standard InChI is InChI=1S/C24H24N8O3/c25-23(33)16-10-13-30(14-11-16)20-9-8-17(32(34)35)15-18(20)24(27-22-7-3-4-12-26-22)31-21-6-2-1-5-19(21)28-29-31/h1-9,12,15-16,24H,10-11,13-14H2,(H2,25,33)(H,26,27). The average Bonchev–Trinajstić information content (AvgIpc) is 3.31. The van der Waals surface area contributed by atoms with Gasteiger partial charge in [0.15, 0.2) is 6.17 Å². The number of fused-ring (bicyclic) bond motifs is 1. The van der Waals surface area contributed by atoms with E-state index < -0.39 is 11.1 Å². The van der Waals surface area contributed by atoms with E-state index in [1.807, 2.05) is 42.5 Å². The third kappa shape index (κ3) is 4.47. The number of para-hydroxylation sites is 1. The van der Waals surface area contributed by atoms with Crippen LogP contribution in [0.5, 0.6) is 0 Å². The average molecular weight is 473 g/mol. The van der Waals surface area contributed by atoms with E-state index in [0.29, 0.717) is 42.8 Å². The predicted octanol–water partition coefficient (Wildman–Crippen LogP) is 3.10. The Morgan fingerprint density at radius 3 is 2.60 bits per heavy atom. The first-order chi connectivity index (χ1) is 17.0. The molecule has 1 unspecified atom stereocenters. The number of nitrogens with zero attached hydrogens (tertiary/aromatic N) is 6. The smallest absolute Gasteiger partial charge is 0.270 e. The minimum atomic E-state index is -0.638. The summed E-state index contributed by atoms with van der Waals surface area (Å²) in [7, 11) is 0. The molecule has 0 bridgehead atoms. The number of nitro benzene ring substituents is 1. The van der Waals surface area contributed by atoms with Gasteiger partial charge in [0.2, 0.25) is 5.91 Å². The number of hydrogen-bond acceptors (Lipinski definition) is 8. The Balaban J connectivity index is 1.63. The molecule has 178 valence electrons. The van der Waals surface area contributed by atoms with Gasteiger partial charge in [0, 0.05) is 48.6 Å². The van der Waals surface area contributed by atoms with Gasteiger partial charge in [0.25, 0.3) is 5.69 Å². The van der Waals surface area contributed by atoms with Crippen molar-refractivity contribution in [2.24, 2.45) is 11.7 Å². The summed E-state index contributed by atoms with van der Waals surface area (Å²) >= 11 is 0. The van der Waals surface area contributed by atoms with E-state index in [1.165, 1.54) is 6.07 Å². The highest BCUT2D eigenvalue weighted by Gasteiger charge is 2.29. The van der Waals surface area contributed by atoms with E-state index in [4.69, 9.17) is 5.73 Å². The van der Waals surface area contributed by atoms with Crippen molar-refractivity contribution in [3.63, 3.8) is 0 Å². The summed E-state index contributed by atoms with van der Waals surface area (Å²) in [6.45, 7) is 1.21. The molecule has 11 heteroatoms. The summed E-state index contributed by atoms with van der Waals surface area (Å²) in [6, 6.07) is 17.8. The number of hydrogen-bond donors (Lipinski definition) is 2. The fourth-order valence-corrected chi connectivity index (χ4v) is 4.50. The van der Waals surface area contributed by atoms with Crippen LogP contribution in [0.2, 0.25) is 0 Å². The molecule has 1 amide bonds. The molecule has 1 fully saturated rings. The maximum absolute atomic E-state index is 11.7. The number of nitrogens with one attached hydrogen (secondary N) is 1. The van der Waals surface area contributed by atoms with Crippen molar-refractivity contribution in [3.8, 4) is 0 Å². The highest BCUT2D eigenvalue weighted by Crippen LogP contribution is 2.36. The maximum atomic E-state index is 11.7. The van der Waals surface area contributed by atoms with E-state index in [9.17, 15) is 14.9 Å². The summed E-state index contributed by atoms with van der Waals surface area (Å²) in [5.41, 5.74) is 8.42. The van der Waals surface area contributed by atoms with E-state index in [0.717, 1.165) is 11.2 Å². The summed E-state index contributed by atoms with van der Waals surface area (Å²) in [4.78, 5) is 29.5. The van der Waals surface area contributed by atoms with Gasteiger partial charge in [0.05, 0.1) is 10.4 Å². The second-order valence-electron chi connectivity index (χ2n) is 8.45. The lowest BCUT2D eigenvalue weighted by molar-refractivity contribution is -0.384. The number of anilines is 2. The number of nitrogens with two attached hydrogens (primary N) is 1. The van der Waals surface area contributed by atoms with Crippen LogP contribution in [-0.4, -0.2) is 43.9 Å². The van der Waals surface area contributed by atoms with E-state index in [2.05, 4.69) is 25.5 Å². The Kier molecular flexibility index (Phi) is 5.96. The lowest BCUT2D eigenvalue weighted by Gasteiger charge is -2.35. The molecule has 5 rings (SSSR count). The first-order valence-corrected chi connectivity index (χ1v) is 11.3. The lowest BCUT2D eigenvalue weighted by atomic mass is 9.95. The zero-order valence-electron chi connectivity index (χ0n) is 18.8. The number of non-ortho nitro benzene ring substituents is 1. The zero-order chi connectivity index (χ0) is 24.4. The Hall–Kier alpha value is -4.54. The van der Waals surface area contributed by atoms with Gasteiger partial charge >= 0.3 is 0 Å². The third-order valence-corrected chi connectivity index (χ3v) is 6.33. The van der Waals surface area contributed by atoms with Crippen molar-refractivity contribution < 1.29 is 9.72 Å². The molecular formula is C24H24N8O3. The molecule has 4 aromatic rings. The fraction of sp³-hybridized carbons (Fsp3) is 0.250. The normalized spacial score (nSPS) is 15.1. The molecule has 1 aliphatic heterocycles. The minimum absolute atomic E-state index is 0.0342. The Bertz CT molecular complexity index is 1370. The largest absolute Gasteiger partial charge is 0.371 e. The Morgan fingerprint density at radius 1 is 1.11 bits per heavy atom. The van der Waals surface area contributed by atoms with Crippen molar-refractivity contribution >= 4 is 34.1 Å². The van der Waals surface area contributed by atoms with E-state index >= 15 is 0 Å². The summed E-state index contributed by atoms with van der Waals surface area (Å²) in [5.74, 6) is 0.119. The second-order valence-corrected chi connectivity index (χ2v) is 8.45. The van der Waals surface area contributed by atoms with Crippen molar-refractivity contribution in [3.05, 3.63) is 82.5 Å². The van der Waals surface area contributed by atoms with Crippen molar-refractivity contribution in [2.45, 2.75) is 19.0 Å². The Morgan fingerprint density at radius 2 is 1.89 bits per heavy atom. The lowest BCUT2D eigenvalue weighted by Crippen LogP contribution is -2.39. The second kappa shape index (κ2) is 9.37. The molecule has 2 aromatic carbocycles. The van der Waals surface area contributed by atoms with Crippen LogP contribution in [0.3, 0.4) is 0 Å². The number of amides is 1. The van der Waals surface area contributed by atoms with Gasteiger partial charge < -0.3 is 16.0 Å². The maximum Gasteiger partial charge on any atom is 0.270 e. The first-order valence-electron chi connectivity index (χ1n) is 11.3. The molecule has 1 aliphatic rings. The summed E-state index contributed by atoms with van der Waals surface area (Å²) in [6.07, 6.45) is 2.27. The monoisotopic (exact) mass is 472 g/mol. The molecule has 11 nitrogen and oxygen atoms in total. The van der Waals surface area contributed by atoms with Gasteiger partial charge in [-0.05, 0) is 43.2 Å². The summed E-state index contributed by atoms with van der Waals surface area (Å²) in [5, 5.41) is 23.8. The van der Waals surface area contributed by atoms with Crippen LogP contribution >= 0.6 is 0 Å². The minimum Gasteiger partial charge on any atom is -0.371 e. The van der Waals surface area contributed by atoms with Crippen LogP contribution in [0.25, 0.3) is 11.0 Å².